The molecule has 0 N–H and O–H groups in total. The number of pyridine rings is 1. The Bertz CT molecular complexity index is 872. The zero-order valence-electron chi connectivity index (χ0n) is 14.6. The highest BCUT2D eigenvalue weighted by Crippen LogP contribution is 2.24. The summed E-state index contributed by atoms with van der Waals surface area (Å²) < 4.78 is 18.7. The third-order valence-electron chi connectivity index (χ3n) is 4.65. The van der Waals surface area contributed by atoms with Crippen LogP contribution in [0.2, 0.25) is 0 Å². The van der Waals surface area contributed by atoms with Crippen LogP contribution in [0.15, 0.2) is 47.1 Å². The van der Waals surface area contributed by atoms with Crippen LogP contribution >= 0.6 is 0 Å². The smallest absolute Gasteiger partial charge is 0.259 e. The lowest BCUT2D eigenvalue weighted by Gasteiger charge is -2.34. The lowest BCUT2D eigenvalue weighted by molar-refractivity contribution is 0.270. The van der Waals surface area contributed by atoms with Crippen LogP contribution in [0.1, 0.15) is 6.92 Å². The molecule has 2 aromatic heterocycles. The van der Waals surface area contributed by atoms with Crippen molar-refractivity contribution in [1.29, 1.82) is 0 Å². The summed E-state index contributed by atoms with van der Waals surface area (Å²) in [7, 11) is 0. The summed E-state index contributed by atoms with van der Waals surface area (Å²) in [6.07, 6.45) is 1.74. The molecule has 7 heteroatoms. The van der Waals surface area contributed by atoms with E-state index in [4.69, 9.17) is 4.52 Å². The minimum Gasteiger partial charge on any atom is -0.354 e. The number of rotatable bonds is 4. The van der Waals surface area contributed by atoms with Gasteiger partial charge in [0.1, 0.15) is 11.6 Å². The van der Waals surface area contributed by atoms with Gasteiger partial charge in [0.25, 0.3) is 5.89 Å². The molecule has 3 heterocycles. The van der Waals surface area contributed by atoms with Gasteiger partial charge in [0.05, 0.1) is 5.56 Å². The molecule has 0 spiro atoms. The quantitative estimate of drug-likeness (QED) is 0.718. The highest BCUT2D eigenvalue weighted by atomic mass is 19.1. The van der Waals surface area contributed by atoms with Gasteiger partial charge in [-0.2, -0.15) is 4.98 Å². The Kier molecular flexibility index (Phi) is 4.62. The predicted octanol–water partition coefficient (Wildman–Crippen LogP) is 3.08. The summed E-state index contributed by atoms with van der Waals surface area (Å²) in [6.45, 7) is 7.34. The van der Waals surface area contributed by atoms with Crippen LogP contribution in [-0.2, 0) is 0 Å². The number of halogens is 1. The molecule has 0 saturated carbocycles. The molecule has 4 rings (SSSR count). The third kappa shape index (κ3) is 3.43. The highest BCUT2D eigenvalue weighted by Gasteiger charge is 2.17. The molecule has 0 bridgehead atoms. The molecule has 0 unspecified atom stereocenters. The van der Waals surface area contributed by atoms with Crippen LogP contribution in [0.5, 0.6) is 0 Å². The number of piperazine rings is 1. The van der Waals surface area contributed by atoms with Crippen molar-refractivity contribution in [1.82, 2.24) is 20.0 Å². The van der Waals surface area contributed by atoms with Gasteiger partial charge >= 0.3 is 0 Å². The number of nitrogens with zero attached hydrogens (tertiary/aromatic N) is 5. The van der Waals surface area contributed by atoms with Gasteiger partial charge in [-0.15, -0.1) is 0 Å². The Morgan fingerprint density at radius 2 is 1.92 bits per heavy atom. The molecule has 134 valence electrons. The molecule has 1 fully saturated rings. The van der Waals surface area contributed by atoms with Crippen molar-refractivity contribution in [2.45, 2.75) is 6.92 Å². The van der Waals surface area contributed by atoms with Crippen LogP contribution in [0.4, 0.5) is 10.2 Å². The average Bonchev–Trinajstić information content (AvgIpc) is 3.18. The minimum absolute atomic E-state index is 0.331. The summed E-state index contributed by atoms with van der Waals surface area (Å²) in [5.74, 6) is 1.36. The fourth-order valence-corrected chi connectivity index (χ4v) is 3.08. The molecular formula is C19H20FN5O. The zero-order chi connectivity index (χ0) is 17.9. The average molecular weight is 353 g/mol. The molecule has 0 radical (unpaired) electrons. The fourth-order valence-electron chi connectivity index (χ4n) is 3.08. The van der Waals surface area contributed by atoms with E-state index < -0.39 is 0 Å². The monoisotopic (exact) mass is 353 g/mol. The maximum Gasteiger partial charge on any atom is 0.259 e. The lowest BCUT2D eigenvalue weighted by Crippen LogP contribution is -2.46. The Hall–Kier alpha value is -2.80. The van der Waals surface area contributed by atoms with E-state index in [1.54, 1.807) is 18.3 Å². The summed E-state index contributed by atoms with van der Waals surface area (Å²) in [6, 6.07) is 10.0. The molecule has 1 aliphatic heterocycles. The summed E-state index contributed by atoms with van der Waals surface area (Å²) in [4.78, 5) is 13.6. The van der Waals surface area contributed by atoms with Crippen molar-refractivity contribution < 1.29 is 8.91 Å². The van der Waals surface area contributed by atoms with Crippen molar-refractivity contribution in [3.63, 3.8) is 0 Å². The normalized spacial score (nSPS) is 15.4. The van der Waals surface area contributed by atoms with Crippen molar-refractivity contribution in [3.05, 3.63) is 48.4 Å². The fraction of sp³-hybridized carbons (Fsp3) is 0.316. The minimum atomic E-state index is -0.331. The third-order valence-corrected chi connectivity index (χ3v) is 4.65. The molecule has 1 aromatic carbocycles. The number of hydrogen-bond acceptors (Lipinski definition) is 6. The van der Waals surface area contributed by atoms with Gasteiger partial charge in [-0.25, -0.2) is 9.37 Å². The second-order valence-corrected chi connectivity index (χ2v) is 6.26. The zero-order valence-corrected chi connectivity index (χ0v) is 14.6. The number of hydrogen-bond donors (Lipinski definition) is 0. The van der Waals surface area contributed by atoms with Gasteiger partial charge in [-0.05, 0) is 30.8 Å². The van der Waals surface area contributed by atoms with E-state index in [0.29, 0.717) is 17.3 Å². The Balaban J connectivity index is 1.49. The Morgan fingerprint density at radius 3 is 2.62 bits per heavy atom. The Labute approximate surface area is 151 Å². The molecule has 0 atom stereocenters. The molecule has 0 aliphatic carbocycles. The van der Waals surface area contributed by atoms with Crippen molar-refractivity contribution in [3.8, 4) is 22.8 Å². The molecule has 0 amide bonds. The SMILES string of the molecule is CCN1CCN(c2ccc(-c3nc(-c4cccc(F)c4)no3)cn2)CC1. The molecule has 1 aliphatic rings. The van der Waals surface area contributed by atoms with Gasteiger partial charge < -0.3 is 14.3 Å². The van der Waals surface area contributed by atoms with Gasteiger partial charge in [0, 0.05) is 37.9 Å². The van der Waals surface area contributed by atoms with Crippen molar-refractivity contribution >= 4 is 5.82 Å². The molecule has 3 aromatic rings. The van der Waals surface area contributed by atoms with E-state index >= 15 is 0 Å². The first kappa shape index (κ1) is 16.7. The van der Waals surface area contributed by atoms with E-state index in [2.05, 4.69) is 31.8 Å². The standard InChI is InChI=1S/C19H20FN5O/c1-2-24-8-10-25(11-9-24)17-7-6-15(13-21-17)19-22-18(23-26-19)14-4-3-5-16(20)12-14/h3-7,12-13H,2,8-11H2,1H3. The molecular weight excluding hydrogens is 333 g/mol. The molecule has 26 heavy (non-hydrogen) atoms. The second kappa shape index (κ2) is 7.21. The van der Waals surface area contributed by atoms with Gasteiger partial charge in [-0.1, -0.05) is 24.2 Å². The van der Waals surface area contributed by atoms with Crippen molar-refractivity contribution in [2.24, 2.45) is 0 Å². The first-order valence-corrected chi connectivity index (χ1v) is 8.76. The maximum absolute atomic E-state index is 13.3. The van der Waals surface area contributed by atoms with E-state index in [9.17, 15) is 4.39 Å². The first-order chi connectivity index (χ1) is 12.7. The lowest BCUT2D eigenvalue weighted by atomic mass is 10.2. The highest BCUT2D eigenvalue weighted by molar-refractivity contribution is 5.60. The van der Waals surface area contributed by atoms with Crippen LogP contribution in [-0.4, -0.2) is 52.7 Å². The second-order valence-electron chi connectivity index (χ2n) is 6.26. The molecule has 6 nitrogen and oxygen atoms in total. The van der Waals surface area contributed by atoms with Crippen molar-refractivity contribution in [2.75, 3.05) is 37.6 Å². The number of likely N-dealkylation sites (N-methyl/N-ethyl adjacent to an activating group) is 1. The number of benzene rings is 1. The largest absolute Gasteiger partial charge is 0.354 e. The van der Waals surface area contributed by atoms with E-state index in [0.717, 1.165) is 44.1 Å². The first-order valence-electron chi connectivity index (χ1n) is 8.76. The summed E-state index contributed by atoms with van der Waals surface area (Å²) in [5.41, 5.74) is 1.33. The topological polar surface area (TPSA) is 58.3 Å². The maximum atomic E-state index is 13.3. The van der Waals surface area contributed by atoms with Crippen LogP contribution in [0, 0.1) is 5.82 Å². The Morgan fingerprint density at radius 1 is 1.08 bits per heavy atom. The van der Waals surface area contributed by atoms with Crippen LogP contribution in [0.3, 0.4) is 0 Å². The van der Waals surface area contributed by atoms with E-state index in [1.165, 1.54) is 12.1 Å². The predicted molar refractivity (Wildman–Crippen MR) is 97.3 cm³/mol. The van der Waals surface area contributed by atoms with Gasteiger partial charge in [0.15, 0.2) is 0 Å². The van der Waals surface area contributed by atoms with Gasteiger partial charge in [-0.3, -0.25) is 0 Å². The number of aromatic nitrogens is 3. The van der Waals surface area contributed by atoms with Crippen LogP contribution in [0.25, 0.3) is 22.8 Å². The van der Waals surface area contributed by atoms with Crippen LogP contribution < -0.4 is 4.90 Å². The summed E-state index contributed by atoms with van der Waals surface area (Å²) >= 11 is 0. The van der Waals surface area contributed by atoms with E-state index in [1.807, 2.05) is 12.1 Å². The molecule has 1 saturated heterocycles. The summed E-state index contributed by atoms with van der Waals surface area (Å²) in [5, 5.41) is 3.94. The van der Waals surface area contributed by atoms with E-state index in [-0.39, 0.29) is 5.82 Å². The van der Waals surface area contributed by atoms with Gasteiger partial charge in [0.2, 0.25) is 5.82 Å². The number of anilines is 1.